The number of hydrogen-bond acceptors (Lipinski definition) is 2. The average molecular weight is 342 g/mol. The van der Waals surface area contributed by atoms with Gasteiger partial charge in [-0.15, -0.1) is 11.8 Å². The Bertz CT molecular complexity index is 1120. The van der Waals surface area contributed by atoms with Crippen LogP contribution in [0.4, 0.5) is 0 Å². The molecule has 1 aromatic heterocycles. The van der Waals surface area contributed by atoms with Crippen LogP contribution in [0.5, 0.6) is 0 Å². The standard InChI is InChI=1S/C22H18N2S/c1-15-12-20(25-2)18(13-23)21-17-10-6-7-11-19(17)24(22(15)21)14-16-8-4-3-5-9-16/h3-12H,14H2,1-2H3. The van der Waals surface area contributed by atoms with E-state index in [1.165, 1.54) is 22.2 Å². The smallest absolute Gasteiger partial charge is 0.101 e. The first kappa shape index (κ1) is 15.8. The maximum absolute atomic E-state index is 9.82. The number of benzene rings is 3. The zero-order chi connectivity index (χ0) is 17.4. The van der Waals surface area contributed by atoms with Gasteiger partial charge < -0.3 is 4.57 Å². The van der Waals surface area contributed by atoms with Crippen molar-refractivity contribution in [3.63, 3.8) is 0 Å². The SMILES string of the molecule is CSc1cc(C)c2c(c1C#N)c1ccccc1n2Cc1ccccc1. The summed E-state index contributed by atoms with van der Waals surface area (Å²) in [4.78, 5) is 1.05. The molecule has 0 saturated carbocycles. The fourth-order valence-electron chi connectivity index (χ4n) is 3.63. The van der Waals surface area contributed by atoms with Crippen molar-refractivity contribution < 1.29 is 0 Å². The molecule has 3 aromatic carbocycles. The second-order valence-electron chi connectivity index (χ2n) is 6.20. The van der Waals surface area contributed by atoms with Crippen LogP contribution in [0.25, 0.3) is 21.8 Å². The van der Waals surface area contributed by atoms with E-state index in [4.69, 9.17) is 0 Å². The Balaban J connectivity index is 2.13. The third kappa shape index (κ3) is 2.50. The van der Waals surface area contributed by atoms with Gasteiger partial charge in [-0.05, 0) is 36.4 Å². The van der Waals surface area contributed by atoms with E-state index < -0.39 is 0 Å². The maximum Gasteiger partial charge on any atom is 0.101 e. The number of thioether (sulfide) groups is 1. The first-order valence-electron chi connectivity index (χ1n) is 8.27. The molecule has 0 fully saturated rings. The molecule has 4 rings (SSSR count). The zero-order valence-corrected chi connectivity index (χ0v) is 15.1. The molecule has 0 aliphatic rings. The lowest BCUT2D eigenvalue weighted by atomic mass is 10.0. The number of nitrogens with zero attached hydrogens (tertiary/aromatic N) is 2. The summed E-state index contributed by atoms with van der Waals surface area (Å²) in [5.41, 5.74) is 5.61. The summed E-state index contributed by atoms with van der Waals surface area (Å²) in [6, 6.07) is 23.5. The molecular formula is C22H18N2S. The average Bonchev–Trinajstić information content (AvgIpc) is 2.98. The lowest BCUT2D eigenvalue weighted by molar-refractivity contribution is 0.865. The van der Waals surface area contributed by atoms with Crippen molar-refractivity contribution >= 4 is 33.6 Å². The molecule has 25 heavy (non-hydrogen) atoms. The second kappa shape index (κ2) is 6.31. The van der Waals surface area contributed by atoms with Crippen LogP contribution in [-0.2, 0) is 6.54 Å². The van der Waals surface area contributed by atoms with E-state index in [0.717, 1.165) is 27.8 Å². The van der Waals surface area contributed by atoms with Crippen LogP contribution >= 0.6 is 11.8 Å². The molecule has 0 bridgehead atoms. The molecule has 0 unspecified atom stereocenters. The van der Waals surface area contributed by atoms with Gasteiger partial charge in [0.1, 0.15) is 6.07 Å². The molecule has 0 atom stereocenters. The molecule has 0 spiro atoms. The van der Waals surface area contributed by atoms with Crippen molar-refractivity contribution in [2.24, 2.45) is 0 Å². The van der Waals surface area contributed by atoms with Gasteiger partial charge in [-0.3, -0.25) is 0 Å². The van der Waals surface area contributed by atoms with Crippen molar-refractivity contribution in [1.29, 1.82) is 5.26 Å². The Kier molecular flexibility index (Phi) is 3.99. The largest absolute Gasteiger partial charge is 0.336 e. The first-order valence-corrected chi connectivity index (χ1v) is 9.49. The van der Waals surface area contributed by atoms with Gasteiger partial charge in [-0.1, -0.05) is 48.5 Å². The molecule has 0 amide bonds. The number of fused-ring (bicyclic) bond motifs is 3. The molecule has 0 N–H and O–H groups in total. The summed E-state index contributed by atoms with van der Waals surface area (Å²) in [5.74, 6) is 0. The van der Waals surface area contributed by atoms with E-state index in [1.807, 2.05) is 12.3 Å². The molecule has 122 valence electrons. The molecule has 3 heteroatoms. The lowest BCUT2D eigenvalue weighted by Crippen LogP contribution is -2.00. The third-order valence-corrected chi connectivity index (χ3v) is 5.47. The summed E-state index contributed by atoms with van der Waals surface area (Å²) in [6.45, 7) is 2.94. The number of aromatic nitrogens is 1. The third-order valence-electron chi connectivity index (χ3n) is 4.70. The highest BCUT2D eigenvalue weighted by atomic mass is 32.2. The van der Waals surface area contributed by atoms with Gasteiger partial charge in [0.15, 0.2) is 0 Å². The number of hydrogen-bond donors (Lipinski definition) is 0. The normalized spacial score (nSPS) is 11.1. The minimum absolute atomic E-state index is 0.788. The number of para-hydroxylation sites is 1. The van der Waals surface area contributed by atoms with E-state index >= 15 is 0 Å². The van der Waals surface area contributed by atoms with Crippen LogP contribution in [0.1, 0.15) is 16.7 Å². The van der Waals surface area contributed by atoms with Crippen molar-refractivity contribution in [1.82, 2.24) is 4.57 Å². The second-order valence-corrected chi connectivity index (χ2v) is 7.04. The van der Waals surface area contributed by atoms with Gasteiger partial charge in [0.2, 0.25) is 0 Å². The summed E-state index contributed by atoms with van der Waals surface area (Å²) >= 11 is 1.64. The predicted octanol–water partition coefficient (Wildman–Crippen LogP) is 5.74. The lowest BCUT2D eigenvalue weighted by Gasteiger charge is -2.11. The zero-order valence-electron chi connectivity index (χ0n) is 14.3. The molecule has 0 saturated heterocycles. The Labute approximate surface area is 151 Å². The fraction of sp³-hybridized carbons (Fsp3) is 0.136. The molecule has 0 aliphatic carbocycles. The Morgan fingerprint density at radius 3 is 2.48 bits per heavy atom. The summed E-state index contributed by atoms with van der Waals surface area (Å²) < 4.78 is 2.35. The van der Waals surface area contributed by atoms with Gasteiger partial charge in [0, 0.05) is 27.7 Å². The van der Waals surface area contributed by atoms with Gasteiger partial charge in [-0.25, -0.2) is 0 Å². The van der Waals surface area contributed by atoms with E-state index in [9.17, 15) is 5.26 Å². The Hall–Kier alpha value is -2.70. The minimum Gasteiger partial charge on any atom is -0.336 e. The van der Waals surface area contributed by atoms with Crippen LogP contribution in [0.2, 0.25) is 0 Å². The van der Waals surface area contributed by atoms with E-state index in [1.54, 1.807) is 11.8 Å². The molecule has 2 nitrogen and oxygen atoms in total. The van der Waals surface area contributed by atoms with Crippen LogP contribution in [0, 0.1) is 18.3 Å². The summed E-state index contributed by atoms with van der Waals surface area (Å²) in [7, 11) is 0. The highest BCUT2D eigenvalue weighted by molar-refractivity contribution is 7.98. The molecule has 0 aliphatic heterocycles. The number of rotatable bonds is 3. The Morgan fingerprint density at radius 2 is 1.76 bits per heavy atom. The van der Waals surface area contributed by atoms with Crippen molar-refractivity contribution in [3.8, 4) is 6.07 Å². The van der Waals surface area contributed by atoms with E-state index in [-0.39, 0.29) is 0 Å². The summed E-state index contributed by atoms with van der Waals surface area (Å²) in [6.07, 6.45) is 2.03. The number of aryl methyl sites for hydroxylation is 1. The number of nitriles is 1. The fourth-order valence-corrected chi connectivity index (χ4v) is 4.28. The quantitative estimate of drug-likeness (QED) is 0.444. The van der Waals surface area contributed by atoms with Crippen molar-refractivity contribution in [2.75, 3.05) is 6.26 Å². The van der Waals surface area contributed by atoms with Crippen molar-refractivity contribution in [3.05, 3.63) is 77.4 Å². The first-order chi connectivity index (χ1) is 12.2. The monoisotopic (exact) mass is 342 g/mol. The van der Waals surface area contributed by atoms with E-state index in [0.29, 0.717) is 0 Å². The predicted molar refractivity (Wildman–Crippen MR) is 106 cm³/mol. The van der Waals surface area contributed by atoms with Crippen LogP contribution < -0.4 is 0 Å². The topological polar surface area (TPSA) is 28.7 Å². The minimum atomic E-state index is 0.788. The molecule has 1 heterocycles. The van der Waals surface area contributed by atoms with Crippen LogP contribution in [-0.4, -0.2) is 10.8 Å². The highest BCUT2D eigenvalue weighted by Crippen LogP contribution is 2.38. The maximum atomic E-state index is 9.82. The van der Waals surface area contributed by atoms with Crippen LogP contribution in [0.3, 0.4) is 0 Å². The van der Waals surface area contributed by atoms with Gasteiger partial charge in [-0.2, -0.15) is 5.26 Å². The summed E-state index contributed by atoms with van der Waals surface area (Å²) in [5, 5.41) is 12.1. The highest BCUT2D eigenvalue weighted by Gasteiger charge is 2.18. The Morgan fingerprint density at radius 1 is 1.04 bits per heavy atom. The van der Waals surface area contributed by atoms with Gasteiger partial charge >= 0.3 is 0 Å². The molecule has 0 radical (unpaired) electrons. The molecular weight excluding hydrogens is 324 g/mol. The van der Waals surface area contributed by atoms with E-state index in [2.05, 4.69) is 72.2 Å². The van der Waals surface area contributed by atoms with Crippen LogP contribution in [0.15, 0.2) is 65.6 Å². The van der Waals surface area contributed by atoms with Crippen molar-refractivity contribution in [2.45, 2.75) is 18.4 Å². The van der Waals surface area contributed by atoms with Gasteiger partial charge in [0.05, 0.1) is 11.1 Å². The van der Waals surface area contributed by atoms with Gasteiger partial charge in [0.25, 0.3) is 0 Å². The molecule has 4 aromatic rings.